The van der Waals surface area contributed by atoms with Crippen LogP contribution in [0.3, 0.4) is 0 Å². The quantitative estimate of drug-likeness (QED) is 0.530. The van der Waals surface area contributed by atoms with Gasteiger partial charge in [0.15, 0.2) is 11.6 Å². The highest BCUT2D eigenvalue weighted by Gasteiger charge is 2.54. The Morgan fingerprint density at radius 1 is 1.25 bits per heavy atom. The van der Waals surface area contributed by atoms with Gasteiger partial charge in [-0.3, -0.25) is 9.59 Å². The Labute approximate surface area is 168 Å². The fourth-order valence-electron chi connectivity index (χ4n) is 5.63. The van der Waals surface area contributed by atoms with Crippen LogP contribution in [0.15, 0.2) is 42.0 Å². The highest BCUT2D eigenvalue weighted by atomic mass is 16.3. The van der Waals surface area contributed by atoms with Crippen molar-refractivity contribution in [3.63, 3.8) is 0 Å². The van der Waals surface area contributed by atoms with Crippen molar-refractivity contribution >= 4 is 11.6 Å². The van der Waals surface area contributed by atoms with Gasteiger partial charge in [0.25, 0.3) is 0 Å². The Bertz CT molecular complexity index is 874. The van der Waals surface area contributed by atoms with Gasteiger partial charge in [-0.05, 0) is 60.6 Å². The number of carbonyl (C=O) groups is 2. The first-order valence-corrected chi connectivity index (χ1v) is 10.2. The fourth-order valence-corrected chi connectivity index (χ4v) is 5.63. The van der Waals surface area contributed by atoms with Crippen molar-refractivity contribution in [2.24, 2.45) is 22.7 Å². The zero-order valence-corrected chi connectivity index (χ0v) is 17.8. The molecule has 2 aliphatic rings. The number of aromatic hydroxyl groups is 1. The highest BCUT2D eigenvalue weighted by Crippen LogP contribution is 2.59. The van der Waals surface area contributed by atoms with Crippen molar-refractivity contribution in [1.82, 2.24) is 0 Å². The number of Topliss-reactive ketones (excluding diaryl/α,β-unsaturated/α-hetero) is 2. The molecule has 0 spiro atoms. The molecule has 0 aliphatic heterocycles. The van der Waals surface area contributed by atoms with Gasteiger partial charge >= 0.3 is 0 Å². The molecule has 1 fully saturated rings. The monoisotopic (exact) mass is 380 g/mol. The van der Waals surface area contributed by atoms with Crippen LogP contribution in [0.4, 0.5) is 0 Å². The lowest BCUT2D eigenvalue weighted by atomic mass is 9.48. The third-order valence-corrected chi connectivity index (χ3v) is 7.07. The average Bonchev–Trinajstić information content (AvgIpc) is 2.58. The van der Waals surface area contributed by atoms with Gasteiger partial charge in [-0.1, -0.05) is 57.6 Å². The molecule has 0 heterocycles. The predicted molar refractivity (Wildman–Crippen MR) is 112 cm³/mol. The maximum atomic E-state index is 13.4. The number of ketones is 2. The van der Waals surface area contributed by atoms with Crippen LogP contribution in [-0.2, 0) is 4.79 Å². The van der Waals surface area contributed by atoms with E-state index in [9.17, 15) is 14.7 Å². The predicted octanol–water partition coefficient (Wildman–Crippen LogP) is 5.81. The van der Waals surface area contributed by atoms with Crippen molar-refractivity contribution in [3.8, 4) is 5.75 Å². The average molecular weight is 381 g/mol. The van der Waals surface area contributed by atoms with Gasteiger partial charge in [-0.25, -0.2) is 0 Å². The van der Waals surface area contributed by atoms with Crippen LogP contribution in [-0.4, -0.2) is 16.7 Å². The van der Waals surface area contributed by atoms with Crippen LogP contribution in [0.2, 0.25) is 0 Å². The minimum Gasteiger partial charge on any atom is -0.508 e. The summed E-state index contributed by atoms with van der Waals surface area (Å²) in [5, 5.41) is 9.93. The first-order valence-electron chi connectivity index (χ1n) is 10.2. The Kier molecular flexibility index (Phi) is 5.16. The van der Waals surface area contributed by atoms with Gasteiger partial charge in [0.05, 0.1) is 0 Å². The zero-order valence-electron chi connectivity index (χ0n) is 17.8. The molecule has 3 heteroatoms. The third kappa shape index (κ3) is 3.36. The molecule has 3 nitrogen and oxygen atoms in total. The summed E-state index contributed by atoms with van der Waals surface area (Å²) < 4.78 is 0. The van der Waals surface area contributed by atoms with Gasteiger partial charge in [-0.2, -0.15) is 0 Å². The number of carbonyl (C=O) groups excluding carboxylic acids is 2. The topological polar surface area (TPSA) is 54.4 Å². The van der Waals surface area contributed by atoms with Crippen LogP contribution in [0.25, 0.3) is 0 Å². The molecule has 2 aliphatic carbocycles. The summed E-state index contributed by atoms with van der Waals surface area (Å²) in [5.74, 6) is 0.0236. The Morgan fingerprint density at radius 3 is 2.54 bits per heavy atom. The maximum Gasteiger partial charge on any atom is 0.167 e. The van der Waals surface area contributed by atoms with Crippen LogP contribution in [0, 0.1) is 29.6 Å². The highest BCUT2D eigenvalue weighted by molar-refractivity contribution is 6.08. The lowest BCUT2D eigenvalue weighted by molar-refractivity contribution is -0.127. The summed E-state index contributed by atoms with van der Waals surface area (Å²) in [5.41, 5.74) is 2.61. The number of phenols is 1. The number of hydrogen-bond donors (Lipinski definition) is 1. The lowest BCUT2D eigenvalue weighted by Gasteiger charge is -2.55. The van der Waals surface area contributed by atoms with Crippen molar-refractivity contribution in [2.45, 2.75) is 60.3 Å². The SMILES string of the molecule is C=C(C)C1C(=O)C(CC(=O)c2ccc(C)c(O)c2)=CC2C(C)(C)CCCC12C. The van der Waals surface area contributed by atoms with E-state index in [-0.39, 0.29) is 46.4 Å². The van der Waals surface area contributed by atoms with E-state index in [0.29, 0.717) is 11.1 Å². The first-order chi connectivity index (χ1) is 13.0. The van der Waals surface area contributed by atoms with E-state index in [1.165, 1.54) is 6.07 Å². The second kappa shape index (κ2) is 7.02. The summed E-state index contributed by atoms with van der Waals surface area (Å²) >= 11 is 0. The Balaban J connectivity index is 2.00. The summed E-state index contributed by atoms with van der Waals surface area (Å²) in [7, 11) is 0. The van der Waals surface area contributed by atoms with Gasteiger partial charge in [0.2, 0.25) is 0 Å². The number of aryl methyl sites for hydroxylation is 1. The van der Waals surface area contributed by atoms with Crippen LogP contribution in [0.5, 0.6) is 5.75 Å². The molecule has 3 unspecified atom stereocenters. The summed E-state index contributed by atoms with van der Waals surface area (Å²) in [4.78, 5) is 26.3. The molecule has 150 valence electrons. The van der Waals surface area contributed by atoms with Crippen LogP contribution in [0.1, 0.15) is 69.3 Å². The minimum absolute atomic E-state index is 0.0497. The number of phenolic OH excluding ortho intramolecular Hbond substituents is 1. The molecule has 1 aromatic rings. The zero-order chi connectivity index (χ0) is 20.9. The molecule has 1 N–H and O–H groups in total. The third-order valence-electron chi connectivity index (χ3n) is 7.07. The minimum atomic E-state index is -0.240. The molecule has 0 bridgehead atoms. The molecule has 28 heavy (non-hydrogen) atoms. The molecular formula is C25H32O3. The second-order valence-corrected chi connectivity index (χ2v) is 9.76. The smallest absolute Gasteiger partial charge is 0.167 e. The molecule has 0 amide bonds. The normalized spacial score (nSPS) is 29.0. The van der Waals surface area contributed by atoms with Gasteiger partial charge < -0.3 is 5.11 Å². The summed E-state index contributed by atoms with van der Waals surface area (Å²) in [6.07, 6.45) is 5.41. The number of rotatable bonds is 4. The van der Waals surface area contributed by atoms with E-state index in [0.717, 1.165) is 30.4 Å². The lowest BCUT2D eigenvalue weighted by Crippen LogP contribution is -2.51. The maximum absolute atomic E-state index is 13.4. The summed E-state index contributed by atoms with van der Waals surface area (Å²) in [6, 6.07) is 4.95. The fraction of sp³-hybridized carbons (Fsp3) is 0.520. The van der Waals surface area contributed by atoms with Gasteiger partial charge in [0.1, 0.15) is 5.75 Å². The molecule has 0 radical (unpaired) electrons. The van der Waals surface area contributed by atoms with Crippen molar-refractivity contribution in [1.29, 1.82) is 0 Å². The van der Waals surface area contributed by atoms with E-state index in [1.54, 1.807) is 19.1 Å². The van der Waals surface area contributed by atoms with E-state index >= 15 is 0 Å². The molecule has 0 aromatic heterocycles. The molecule has 1 saturated carbocycles. The van der Waals surface area contributed by atoms with Crippen LogP contribution < -0.4 is 0 Å². The van der Waals surface area contributed by atoms with Crippen molar-refractivity contribution in [3.05, 3.63) is 53.1 Å². The summed E-state index contributed by atoms with van der Waals surface area (Å²) in [6.45, 7) is 14.6. The van der Waals surface area contributed by atoms with E-state index in [1.807, 2.05) is 6.92 Å². The van der Waals surface area contributed by atoms with E-state index in [4.69, 9.17) is 0 Å². The standard InChI is InChI=1S/C25H32O3/c1-15(2)22-23(28)18(13-20(27)17-9-8-16(3)19(26)12-17)14-21-24(4,5)10-7-11-25(21,22)6/h8-9,12,14,21-22,26H,1,7,10-11,13H2,2-6H3. The van der Waals surface area contributed by atoms with Crippen LogP contribution >= 0.6 is 0 Å². The Hall–Kier alpha value is -2.16. The van der Waals surface area contributed by atoms with E-state index < -0.39 is 0 Å². The van der Waals surface area contributed by atoms with Gasteiger partial charge in [0, 0.05) is 17.9 Å². The molecule has 0 saturated heterocycles. The molecular weight excluding hydrogens is 348 g/mol. The van der Waals surface area contributed by atoms with E-state index in [2.05, 4.69) is 33.4 Å². The Morgan fingerprint density at radius 2 is 1.93 bits per heavy atom. The number of fused-ring (bicyclic) bond motifs is 1. The van der Waals surface area contributed by atoms with Crippen molar-refractivity contribution in [2.75, 3.05) is 0 Å². The molecule has 3 atom stereocenters. The van der Waals surface area contributed by atoms with Crippen molar-refractivity contribution < 1.29 is 14.7 Å². The largest absolute Gasteiger partial charge is 0.508 e. The van der Waals surface area contributed by atoms with Gasteiger partial charge in [-0.15, -0.1) is 0 Å². The molecule has 1 aromatic carbocycles. The first kappa shape index (κ1) is 20.6. The number of allylic oxidation sites excluding steroid dienone is 3. The number of hydrogen-bond acceptors (Lipinski definition) is 3. The molecule has 3 rings (SSSR count). The second-order valence-electron chi connectivity index (χ2n) is 9.76. The number of benzene rings is 1.